The molecule has 0 unspecified atom stereocenters. The van der Waals surface area contributed by atoms with Crippen molar-refractivity contribution in [1.29, 1.82) is 0 Å². The van der Waals surface area contributed by atoms with Gasteiger partial charge in [-0.3, -0.25) is 4.72 Å². The molecule has 0 radical (unpaired) electrons. The Bertz CT molecular complexity index is 241. The Morgan fingerprint density at radius 1 is 1.24 bits per heavy atom. The molecule has 100 valence electrons. The highest BCUT2D eigenvalue weighted by molar-refractivity contribution is 8.73. The average molecular weight is 300 g/mol. The molecule has 0 rings (SSSR count). The second kappa shape index (κ2) is 10.7. The van der Waals surface area contributed by atoms with E-state index in [1.807, 2.05) is 0 Å². The van der Waals surface area contributed by atoms with Gasteiger partial charge in [-0.1, -0.05) is 13.3 Å². The van der Waals surface area contributed by atoms with Crippen LogP contribution in [0.2, 0.25) is 0 Å². The largest absolute Gasteiger partial charge is 0.430 e. The van der Waals surface area contributed by atoms with Crippen molar-refractivity contribution in [2.75, 3.05) is 19.8 Å². The molecular weight excluding hydrogens is 284 g/mol. The summed E-state index contributed by atoms with van der Waals surface area (Å²) in [7, 11) is 3.12. The first-order valence-electron chi connectivity index (χ1n) is 4.88. The van der Waals surface area contributed by atoms with Crippen LogP contribution in [0.15, 0.2) is 0 Å². The summed E-state index contributed by atoms with van der Waals surface area (Å²) in [6.45, 7) is 2.07. The second-order valence-electron chi connectivity index (χ2n) is 3.05. The lowest BCUT2D eigenvalue weighted by atomic mass is 10.4. The van der Waals surface area contributed by atoms with E-state index in [1.54, 1.807) is 14.1 Å². The standard InChI is InChI=1S/C8H16N2O4S3/c1-4-5-6-15-9-7(11)13-16-17-14-8(12)10(2)3/h4-6H2,1-3H3,(H,9,11). The van der Waals surface area contributed by atoms with Crippen molar-refractivity contribution in [1.82, 2.24) is 9.62 Å². The van der Waals surface area contributed by atoms with Crippen molar-refractivity contribution in [3.8, 4) is 0 Å². The zero-order valence-electron chi connectivity index (χ0n) is 9.93. The minimum Gasteiger partial charge on any atom is -0.360 e. The Kier molecular flexibility index (Phi) is 10.5. The average Bonchev–Trinajstić information content (AvgIpc) is 2.29. The number of hydrogen-bond donors (Lipinski definition) is 1. The molecule has 6 nitrogen and oxygen atoms in total. The quantitative estimate of drug-likeness (QED) is 0.335. The van der Waals surface area contributed by atoms with E-state index in [0.29, 0.717) is 22.1 Å². The van der Waals surface area contributed by atoms with E-state index >= 15 is 0 Å². The van der Waals surface area contributed by atoms with Crippen LogP contribution in [0, 0.1) is 0 Å². The summed E-state index contributed by atoms with van der Waals surface area (Å²) in [5.41, 5.74) is 0. The molecule has 0 aromatic carbocycles. The van der Waals surface area contributed by atoms with Gasteiger partial charge in [0.1, 0.15) is 0 Å². The SMILES string of the molecule is CCCCSNC(=O)OSSOC(=O)N(C)C. The monoisotopic (exact) mass is 300 g/mol. The highest BCUT2D eigenvalue weighted by Gasteiger charge is 2.08. The number of rotatable bonds is 7. The minimum atomic E-state index is -0.565. The number of carbonyl (C=O) groups excluding carboxylic acids is 2. The van der Waals surface area contributed by atoms with Crippen molar-refractivity contribution in [2.45, 2.75) is 19.8 Å². The minimum absolute atomic E-state index is 0.510. The van der Waals surface area contributed by atoms with Crippen molar-refractivity contribution in [2.24, 2.45) is 0 Å². The van der Waals surface area contributed by atoms with Gasteiger partial charge in [0.05, 0.1) is 0 Å². The Morgan fingerprint density at radius 3 is 2.47 bits per heavy atom. The number of nitrogens with zero attached hydrogens (tertiary/aromatic N) is 1. The van der Waals surface area contributed by atoms with Gasteiger partial charge in [0, 0.05) is 19.8 Å². The molecule has 0 aliphatic carbocycles. The summed E-state index contributed by atoms with van der Waals surface area (Å²) in [6.07, 6.45) is 1.04. The number of unbranched alkanes of at least 4 members (excludes halogenated alkanes) is 1. The lowest BCUT2D eigenvalue weighted by Crippen LogP contribution is -2.20. The van der Waals surface area contributed by atoms with Crippen LogP contribution in [-0.2, 0) is 8.37 Å². The van der Waals surface area contributed by atoms with Crippen LogP contribution in [-0.4, -0.2) is 36.9 Å². The van der Waals surface area contributed by atoms with Gasteiger partial charge >= 0.3 is 12.2 Å². The molecule has 2 amide bonds. The topological polar surface area (TPSA) is 67.9 Å². The predicted molar refractivity (Wildman–Crippen MR) is 72.3 cm³/mol. The Balaban J connectivity index is 3.36. The number of nitrogens with one attached hydrogen (secondary N) is 1. The lowest BCUT2D eigenvalue weighted by molar-refractivity contribution is 0.180. The Hall–Kier alpha value is -0.410. The maximum absolute atomic E-state index is 11.0. The molecule has 0 aromatic rings. The third-order valence-electron chi connectivity index (χ3n) is 1.36. The molecule has 0 aliphatic rings. The molecule has 17 heavy (non-hydrogen) atoms. The van der Waals surface area contributed by atoms with Gasteiger partial charge < -0.3 is 13.3 Å². The van der Waals surface area contributed by atoms with E-state index in [2.05, 4.69) is 20.0 Å². The second-order valence-corrected chi connectivity index (χ2v) is 5.38. The first-order valence-corrected chi connectivity index (χ1v) is 7.87. The fraction of sp³-hybridized carbons (Fsp3) is 0.750. The summed E-state index contributed by atoms with van der Waals surface area (Å²) < 4.78 is 11.8. The number of hydrogen-bond acceptors (Lipinski definition) is 7. The van der Waals surface area contributed by atoms with Crippen LogP contribution >= 0.6 is 34.1 Å². The van der Waals surface area contributed by atoms with Crippen molar-refractivity contribution >= 4 is 46.3 Å². The molecule has 0 saturated heterocycles. The summed E-state index contributed by atoms with van der Waals surface area (Å²) in [4.78, 5) is 23.3. The zero-order chi connectivity index (χ0) is 13.1. The summed E-state index contributed by atoms with van der Waals surface area (Å²) in [5.74, 6) is 0.846. The van der Waals surface area contributed by atoms with Crippen LogP contribution < -0.4 is 4.72 Å². The summed E-state index contributed by atoms with van der Waals surface area (Å²) in [6, 6.07) is 0. The summed E-state index contributed by atoms with van der Waals surface area (Å²) >= 11 is 2.68. The van der Waals surface area contributed by atoms with E-state index in [4.69, 9.17) is 0 Å². The molecule has 0 heterocycles. The highest BCUT2D eigenvalue weighted by Crippen LogP contribution is 2.24. The molecular formula is C8H16N2O4S3. The molecule has 1 N–H and O–H groups in total. The lowest BCUT2D eigenvalue weighted by Gasteiger charge is -2.08. The van der Waals surface area contributed by atoms with Crippen LogP contribution in [0.4, 0.5) is 9.59 Å². The zero-order valence-corrected chi connectivity index (χ0v) is 12.4. The smallest absolute Gasteiger partial charge is 0.360 e. The van der Waals surface area contributed by atoms with Crippen molar-refractivity contribution in [3.63, 3.8) is 0 Å². The van der Waals surface area contributed by atoms with Crippen LogP contribution in [0.25, 0.3) is 0 Å². The van der Waals surface area contributed by atoms with Gasteiger partial charge in [-0.05, 0) is 18.4 Å². The molecule has 9 heteroatoms. The third-order valence-corrected chi connectivity index (χ3v) is 3.23. The van der Waals surface area contributed by atoms with E-state index < -0.39 is 12.2 Å². The van der Waals surface area contributed by atoms with Crippen LogP contribution in [0.1, 0.15) is 19.8 Å². The molecule has 0 fully saturated rings. The number of carbonyl (C=O) groups is 2. The molecule has 0 saturated carbocycles. The van der Waals surface area contributed by atoms with Crippen LogP contribution in [0.5, 0.6) is 0 Å². The van der Waals surface area contributed by atoms with Gasteiger partial charge in [0.25, 0.3) is 0 Å². The maximum atomic E-state index is 11.0. The molecule has 0 bridgehead atoms. The fourth-order valence-corrected chi connectivity index (χ4v) is 2.15. The fourth-order valence-electron chi connectivity index (χ4n) is 0.506. The van der Waals surface area contributed by atoms with Gasteiger partial charge in [-0.25, -0.2) is 9.59 Å². The van der Waals surface area contributed by atoms with Crippen molar-refractivity contribution < 1.29 is 18.0 Å². The first-order chi connectivity index (χ1) is 8.07. The van der Waals surface area contributed by atoms with Gasteiger partial charge in [-0.15, -0.1) is 0 Å². The van der Waals surface area contributed by atoms with E-state index in [1.165, 1.54) is 16.8 Å². The summed E-state index contributed by atoms with van der Waals surface area (Å²) in [5, 5.41) is 0. The predicted octanol–water partition coefficient (Wildman–Crippen LogP) is 3.07. The van der Waals surface area contributed by atoms with Gasteiger partial charge in [-0.2, -0.15) is 0 Å². The van der Waals surface area contributed by atoms with Gasteiger partial charge in [0.15, 0.2) is 22.1 Å². The van der Waals surface area contributed by atoms with E-state index in [-0.39, 0.29) is 0 Å². The molecule has 0 aromatic heterocycles. The molecule has 0 aliphatic heterocycles. The van der Waals surface area contributed by atoms with E-state index in [0.717, 1.165) is 18.6 Å². The highest BCUT2D eigenvalue weighted by atomic mass is 33.1. The van der Waals surface area contributed by atoms with Crippen molar-refractivity contribution in [3.05, 3.63) is 0 Å². The van der Waals surface area contributed by atoms with Gasteiger partial charge in [0.2, 0.25) is 0 Å². The Morgan fingerprint density at radius 2 is 1.88 bits per heavy atom. The van der Waals surface area contributed by atoms with Crippen LogP contribution in [0.3, 0.4) is 0 Å². The molecule has 0 atom stereocenters. The maximum Gasteiger partial charge on any atom is 0.430 e. The third kappa shape index (κ3) is 10.5. The first kappa shape index (κ1) is 16.6. The van der Waals surface area contributed by atoms with E-state index in [9.17, 15) is 9.59 Å². The number of amides is 2. The Labute approximate surface area is 113 Å². The normalized spacial score (nSPS) is 9.59. The molecule has 0 spiro atoms.